The van der Waals surface area contributed by atoms with Crippen LogP contribution in [0, 0.1) is 0 Å². The summed E-state index contributed by atoms with van der Waals surface area (Å²) < 4.78 is 1.81. The van der Waals surface area contributed by atoms with E-state index >= 15 is 0 Å². The number of nitrogens with one attached hydrogen (secondary N) is 1. The molecule has 0 bridgehead atoms. The lowest BCUT2D eigenvalue weighted by Gasteiger charge is -2.38. The number of carbonyl (C=O) groups excluding carboxylic acids is 1. The summed E-state index contributed by atoms with van der Waals surface area (Å²) in [4.78, 5) is 21.7. The number of aromatic nitrogens is 3. The van der Waals surface area contributed by atoms with Crippen molar-refractivity contribution in [1.82, 2.24) is 29.9 Å². The van der Waals surface area contributed by atoms with Crippen LogP contribution in [-0.2, 0) is 12.2 Å². The van der Waals surface area contributed by atoms with Crippen LogP contribution in [0.5, 0.6) is 0 Å². The van der Waals surface area contributed by atoms with Gasteiger partial charge in [0.2, 0.25) is 5.82 Å². The maximum atomic E-state index is 12.9. The largest absolute Gasteiger partial charge is 0.336 e. The molecule has 3 heterocycles. The molecule has 0 radical (unpaired) electrons. The van der Waals surface area contributed by atoms with Gasteiger partial charge >= 0.3 is 0 Å². The van der Waals surface area contributed by atoms with Crippen LogP contribution in [-0.4, -0.2) is 56.7 Å². The Morgan fingerprint density at radius 3 is 2.71 bits per heavy atom. The first kappa shape index (κ1) is 20.2. The lowest BCUT2D eigenvalue weighted by molar-refractivity contribution is 0.0760. The molecular formula is C23H25ClN6O. The second-order valence-corrected chi connectivity index (χ2v) is 8.26. The Hall–Kier alpha value is -2.74. The lowest BCUT2D eigenvalue weighted by atomic mass is 9.89. The Morgan fingerprint density at radius 2 is 1.97 bits per heavy atom. The molecule has 0 saturated carbocycles. The van der Waals surface area contributed by atoms with Crippen LogP contribution in [0.2, 0.25) is 5.02 Å². The molecule has 7 nitrogen and oxygen atoms in total. The number of nitrogens with zero attached hydrogens (tertiary/aromatic N) is 5. The average Bonchev–Trinajstić information content (AvgIpc) is 3.38. The van der Waals surface area contributed by atoms with E-state index in [1.807, 2.05) is 42.8 Å². The predicted octanol–water partition coefficient (Wildman–Crippen LogP) is 3.02. The highest BCUT2D eigenvalue weighted by Crippen LogP contribution is 2.43. The smallest absolute Gasteiger partial charge is 0.293 e. The van der Waals surface area contributed by atoms with Crippen LogP contribution < -0.4 is 5.32 Å². The molecule has 1 atom stereocenters. The second-order valence-electron chi connectivity index (χ2n) is 7.83. The Kier molecular flexibility index (Phi) is 5.04. The highest BCUT2D eigenvalue weighted by atomic mass is 35.5. The third-order valence-corrected chi connectivity index (χ3v) is 6.49. The number of benzene rings is 2. The van der Waals surface area contributed by atoms with Crippen LogP contribution in [0.1, 0.15) is 41.4 Å². The van der Waals surface area contributed by atoms with Crippen LogP contribution >= 0.6 is 11.6 Å². The number of hydrogen-bond donors (Lipinski definition) is 1. The van der Waals surface area contributed by atoms with Crippen molar-refractivity contribution in [3.63, 3.8) is 0 Å². The summed E-state index contributed by atoms with van der Waals surface area (Å²) in [7, 11) is 0. The molecule has 2 aliphatic heterocycles. The van der Waals surface area contributed by atoms with Gasteiger partial charge in [0.15, 0.2) is 0 Å². The van der Waals surface area contributed by atoms with Crippen molar-refractivity contribution in [2.45, 2.75) is 26.1 Å². The summed E-state index contributed by atoms with van der Waals surface area (Å²) >= 11 is 6.48. The molecule has 1 unspecified atom stereocenters. The SMILES string of the molecule is CCN(CC)C(=O)c1nc2n(n1)-c1ccc(Cl)cc1C1(c3ccccc3)NCCN1C2. The van der Waals surface area contributed by atoms with E-state index in [1.165, 1.54) is 0 Å². The van der Waals surface area contributed by atoms with E-state index in [1.54, 1.807) is 4.90 Å². The molecule has 2 aliphatic rings. The molecule has 3 aromatic rings. The number of carbonyl (C=O) groups is 1. The third kappa shape index (κ3) is 3.07. The zero-order valence-corrected chi connectivity index (χ0v) is 18.4. The molecule has 1 amide bonds. The van der Waals surface area contributed by atoms with Gasteiger partial charge in [-0.25, -0.2) is 9.67 Å². The van der Waals surface area contributed by atoms with E-state index in [9.17, 15) is 4.79 Å². The van der Waals surface area contributed by atoms with Gasteiger partial charge in [-0.2, -0.15) is 0 Å². The predicted molar refractivity (Wildman–Crippen MR) is 119 cm³/mol. The van der Waals surface area contributed by atoms with Gasteiger partial charge in [-0.05, 0) is 37.6 Å². The maximum Gasteiger partial charge on any atom is 0.293 e. The summed E-state index contributed by atoms with van der Waals surface area (Å²) in [6, 6.07) is 16.2. The van der Waals surface area contributed by atoms with Gasteiger partial charge in [-0.15, -0.1) is 5.10 Å². The second kappa shape index (κ2) is 7.75. The van der Waals surface area contributed by atoms with Crippen molar-refractivity contribution in [1.29, 1.82) is 0 Å². The molecule has 5 rings (SSSR count). The minimum atomic E-state index is -0.535. The number of hydrogen-bond acceptors (Lipinski definition) is 5. The molecule has 0 spiro atoms. The van der Waals surface area contributed by atoms with Crippen LogP contribution in [0.25, 0.3) is 5.69 Å². The van der Waals surface area contributed by atoms with Crippen molar-refractivity contribution < 1.29 is 4.79 Å². The van der Waals surface area contributed by atoms with Gasteiger partial charge < -0.3 is 4.90 Å². The number of amides is 1. The Bertz CT molecular complexity index is 1130. The summed E-state index contributed by atoms with van der Waals surface area (Å²) in [6.45, 7) is 7.41. The quantitative estimate of drug-likeness (QED) is 0.681. The first-order valence-corrected chi connectivity index (χ1v) is 11.1. The minimum Gasteiger partial charge on any atom is -0.336 e. The summed E-state index contributed by atoms with van der Waals surface area (Å²) in [6.07, 6.45) is 0. The van der Waals surface area contributed by atoms with Gasteiger partial charge in [0.25, 0.3) is 5.91 Å². The molecule has 8 heteroatoms. The molecule has 160 valence electrons. The summed E-state index contributed by atoms with van der Waals surface area (Å²) in [5.41, 5.74) is 2.49. The molecule has 31 heavy (non-hydrogen) atoms. The fraction of sp³-hybridized carbons (Fsp3) is 0.348. The van der Waals surface area contributed by atoms with Gasteiger partial charge in [-0.3, -0.25) is 15.0 Å². The molecule has 1 saturated heterocycles. The fourth-order valence-corrected chi connectivity index (χ4v) is 4.94. The normalized spacial score (nSPS) is 20.0. The number of halogens is 1. The van der Waals surface area contributed by atoms with Crippen molar-refractivity contribution >= 4 is 17.5 Å². The highest BCUT2D eigenvalue weighted by molar-refractivity contribution is 6.30. The van der Waals surface area contributed by atoms with E-state index in [0.717, 1.165) is 35.7 Å². The van der Waals surface area contributed by atoms with E-state index < -0.39 is 5.66 Å². The van der Waals surface area contributed by atoms with Crippen LogP contribution in [0.3, 0.4) is 0 Å². The number of rotatable bonds is 4. The van der Waals surface area contributed by atoms with Crippen LogP contribution in [0.15, 0.2) is 48.5 Å². The highest BCUT2D eigenvalue weighted by Gasteiger charge is 2.48. The summed E-state index contributed by atoms with van der Waals surface area (Å²) in [5, 5.41) is 9.06. The van der Waals surface area contributed by atoms with Crippen molar-refractivity contribution in [2.75, 3.05) is 26.2 Å². The molecular weight excluding hydrogens is 412 g/mol. The maximum absolute atomic E-state index is 12.9. The van der Waals surface area contributed by atoms with Crippen LogP contribution in [0.4, 0.5) is 0 Å². The van der Waals surface area contributed by atoms with Gasteiger partial charge in [0.1, 0.15) is 11.5 Å². The molecule has 0 aliphatic carbocycles. The molecule has 1 N–H and O–H groups in total. The van der Waals surface area contributed by atoms with E-state index in [-0.39, 0.29) is 11.7 Å². The van der Waals surface area contributed by atoms with Crippen molar-refractivity contribution in [3.8, 4) is 5.69 Å². The first-order valence-electron chi connectivity index (χ1n) is 10.7. The monoisotopic (exact) mass is 436 g/mol. The van der Waals surface area contributed by atoms with E-state index in [0.29, 0.717) is 24.7 Å². The first-order chi connectivity index (χ1) is 15.1. The third-order valence-electron chi connectivity index (χ3n) is 6.25. The van der Waals surface area contributed by atoms with Crippen molar-refractivity contribution in [3.05, 3.63) is 76.3 Å². The topological polar surface area (TPSA) is 66.3 Å². The zero-order chi connectivity index (χ0) is 21.6. The number of fused-ring (bicyclic) bond motifs is 5. The standard InChI is InChI=1S/C23H25ClN6O/c1-3-28(4-2)22(31)21-26-20-15-29-13-12-25-23(29,16-8-6-5-7-9-16)18-14-17(24)10-11-19(18)30(20)27-21/h5-11,14,25H,3-4,12-13,15H2,1-2H3. The lowest BCUT2D eigenvalue weighted by Crippen LogP contribution is -2.49. The molecule has 2 aromatic carbocycles. The summed E-state index contributed by atoms with van der Waals surface area (Å²) in [5.74, 6) is 0.842. The van der Waals surface area contributed by atoms with Gasteiger partial charge in [-0.1, -0.05) is 41.9 Å². The Morgan fingerprint density at radius 1 is 1.19 bits per heavy atom. The Balaban J connectivity index is 1.72. The fourth-order valence-electron chi connectivity index (χ4n) is 4.77. The average molecular weight is 437 g/mol. The van der Waals surface area contributed by atoms with Gasteiger partial charge in [0, 0.05) is 36.8 Å². The zero-order valence-electron chi connectivity index (χ0n) is 17.7. The Labute approximate surface area is 186 Å². The van der Waals surface area contributed by atoms with Gasteiger partial charge in [0.05, 0.1) is 12.2 Å². The van der Waals surface area contributed by atoms with Crippen molar-refractivity contribution in [2.24, 2.45) is 0 Å². The molecule has 1 fully saturated rings. The minimum absolute atomic E-state index is 0.144. The van der Waals surface area contributed by atoms with E-state index in [2.05, 4.69) is 39.6 Å². The molecule has 1 aromatic heterocycles. The van der Waals surface area contributed by atoms with E-state index in [4.69, 9.17) is 16.6 Å².